The van der Waals surface area contributed by atoms with E-state index in [-0.39, 0.29) is 0 Å². The Kier molecular flexibility index (Phi) is 3.89. The average Bonchev–Trinajstić information content (AvgIpc) is 2.79. The first-order valence-corrected chi connectivity index (χ1v) is 7.80. The van der Waals surface area contributed by atoms with Gasteiger partial charge in [0, 0.05) is 24.8 Å². The Morgan fingerprint density at radius 1 is 1.45 bits per heavy atom. The number of fused-ring (bicyclic) bond motifs is 1. The van der Waals surface area contributed by atoms with Gasteiger partial charge in [-0.1, -0.05) is 11.6 Å². The van der Waals surface area contributed by atoms with E-state index in [9.17, 15) is 0 Å². The fourth-order valence-corrected chi connectivity index (χ4v) is 3.32. The molecule has 0 bridgehead atoms. The molecular formula is C14H18Cl2N4. The molecule has 0 aromatic carbocycles. The fraction of sp³-hybridized carbons (Fsp3) is 0.571. The molecule has 20 heavy (non-hydrogen) atoms. The quantitative estimate of drug-likeness (QED) is 0.796. The maximum absolute atomic E-state index is 6.07. The number of piperidine rings is 1. The lowest BCUT2D eigenvalue weighted by atomic mass is 9.98. The first kappa shape index (κ1) is 14.1. The highest BCUT2D eigenvalue weighted by Crippen LogP contribution is 2.31. The number of alkyl halides is 1. The molecular weight excluding hydrogens is 295 g/mol. The van der Waals surface area contributed by atoms with Gasteiger partial charge >= 0.3 is 0 Å². The van der Waals surface area contributed by atoms with Crippen molar-refractivity contribution in [1.82, 2.24) is 19.4 Å². The molecule has 6 heteroatoms. The van der Waals surface area contributed by atoms with Crippen molar-refractivity contribution in [3.63, 3.8) is 0 Å². The van der Waals surface area contributed by atoms with Gasteiger partial charge in [-0.15, -0.1) is 11.6 Å². The molecule has 0 aliphatic carbocycles. The van der Waals surface area contributed by atoms with Gasteiger partial charge in [0.25, 0.3) is 0 Å². The average molecular weight is 313 g/mol. The van der Waals surface area contributed by atoms with Gasteiger partial charge in [-0.25, -0.2) is 9.97 Å². The maximum Gasteiger partial charge on any atom is 0.160 e. The molecule has 2 aromatic rings. The van der Waals surface area contributed by atoms with Gasteiger partial charge in [-0.3, -0.25) is 0 Å². The van der Waals surface area contributed by atoms with Crippen molar-refractivity contribution >= 4 is 34.4 Å². The summed E-state index contributed by atoms with van der Waals surface area (Å²) in [5.41, 5.74) is 1.73. The van der Waals surface area contributed by atoms with Crippen molar-refractivity contribution < 1.29 is 0 Å². The van der Waals surface area contributed by atoms with Gasteiger partial charge in [-0.05, 0) is 32.9 Å². The molecule has 1 saturated heterocycles. The van der Waals surface area contributed by atoms with Crippen LogP contribution in [0.5, 0.6) is 0 Å². The van der Waals surface area contributed by atoms with Crippen LogP contribution in [0.3, 0.4) is 0 Å². The Labute approximate surface area is 128 Å². The molecule has 108 valence electrons. The van der Waals surface area contributed by atoms with Crippen LogP contribution in [-0.4, -0.2) is 39.1 Å². The first-order valence-electron chi connectivity index (χ1n) is 6.88. The number of halogens is 2. The monoisotopic (exact) mass is 312 g/mol. The summed E-state index contributed by atoms with van der Waals surface area (Å²) in [6, 6.07) is 2.82. The van der Waals surface area contributed by atoms with E-state index in [2.05, 4.69) is 33.4 Å². The summed E-state index contributed by atoms with van der Waals surface area (Å²) in [5.74, 6) is 1.28. The molecule has 0 radical (unpaired) electrons. The second-order valence-corrected chi connectivity index (χ2v) is 6.24. The summed E-state index contributed by atoms with van der Waals surface area (Å²) in [6.07, 6.45) is 3.87. The van der Waals surface area contributed by atoms with E-state index in [0.29, 0.717) is 23.0 Å². The van der Waals surface area contributed by atoms with Crippen molar-refractivity contribution in [2.75, 3.05) is 13.6 Å². The molecule has 0 spiro atoms. The van der Waals surface area contributed by atoms with Crippen LogP contribution in [0.25, 0.3) is 11.2 Å². The third kappa shape index (κ3) is 2.41. The van der Waals surface area contributed by atoms with Crippen LogP contribution in [-0.2, 0) is 5.88 Å². The molecule has 0 amide bonds. The maximum atomic E-state index is 6.07. The number of hydrogen-bond acceptors (Lipinski definition) is 3. The van der Waals surface area contributed by atoms with Crippen LogP contribution in [0.4, 0.5) is 0 Å². The van der Waals surface area contributed by atoms with Gasteiger partial charge in [0.05, 0.1) is 10.9 Å². The smallest absolute Gasteiger partial charge is 0.160 e. The lowest BCUT2D eigenvalue weighted by Gasteiger charge is -2.36. The zero-order valence-corrected chi connectivity index (χ0v) is 13.2. The minimum atomic E-state index is 0.398. The molecule has 2 atom stereocenters. The van der Waals surface area contributed by atoms with E-state index in [4.69, 9.17) is 23.2 Å². The summed E-state index contributed by atoms with van der Waals surface area (Å²) in [6.45, 7) is 3.34. The van der Waals surface area contributed by atoms with Gasteiger partial charge in [0.2, 0.25) is 0 Å². The molecule has 1 aliphatic heterocycles. The third-order valence-corrected chi connectivity index (χ3v) is 4.68. The van der Waals surface area contributed by atoms with E-state index >= 15 is 0 Å². The highest BCUT2D eigenvalue weighted by molar-refractivity contribution is 6.31. The Morgan fingerprint density at radius 3 is 2.95 bits per heavy atom. The van der Waals surface area contributed by atoms with Crippen LogP contribution in [0.1, 0.15) is 31.6 Å². The van der Waals surface area contributed by atoms with Crippen LogP contribution in [0.2, 0.25) is 5.02 Å². The molecule has 0 saturated carbocycles. The number of pyridine rings is 1. The summed E-state index contributed by atoms with van der Waals surface area (Å²) < 4.78 is 2.21. The lowest BCUT2D eigenvalue weighted by Crippen LogP contribution is -2.38. The van der Waals surface area contributed by atoms with E-state index in [1.807, 2.05) is 6.07 Å². The highest BCUT2D eigenvalue weighted by atomic mass is 35.5. The van der Waals surface area contributed by atoms with E-state index in [1.54, 1.807) is 6.20 Å². The molecule has 3 rings (SSSR count). The van der Waals surface area contributed by atoms with E-state index in [1.165, 1.54) is 0 Å². The van der Waals surface area contributed by atoms with Crippen molar-refractivity contribution in [3.8, 4) is 0 Å². The Morgan fingerprint density at radius 2 is 2.25 bits per heavy atom. The number of nitrogens with zero attached hydrogens (tertiary/aromatic N) is 4. The number of imidazole rings is 1. The van der Waals surface area contributed by atoms with Crippen molar-refractivity contribution in [3.05, 3.63) is 23.1 Å². The first-order chi connectivity index (χ1) is 9.60. The fourth-order valence-electron chi connectivity index (χ4n) is 2.98. The zero-order valence-electron chi connectivity index (χ0n) is 11.7. The van der Waals surface area contributed by atoms with Crippen LogP contribution < -0.4 is 0 Å². The van der Waals surface area contributed by atoms with Crippen molar-refractivity contribution in [2.24, 2.45) is 0 Å². The molecule has 1 aliphatic rings. The molecule has 1 fully saturated rings. The number of hydrogen-bond donors (Lipinski definition) is 0. The Bertz CT molecular complexity index is 625. The highest BCUT2D eigenvalue weighted by Gasteiger charge is 2.27. The van der Waals surface area contributed by atoms with Crippen LogP contribution in [0.15, 0.2) is 12.3 Å². The van der Waals surface area contributed by atoms with Crippen LogP contribution in [0, 0.1) is 0 Å². The summed E-state index contributed by atoms with van der Waals surface area (Å²) in [5, 5.41) is 0.611. The van der Waals surface area contributed by atoms with Gasteiger partial charge in [0.1, 0.15) is 11.3 Å². The summed E-state index contributed by atoms with van der Waals surface area (Å²) >= 11 is 12.1. The minimum absolute atomic E-state index is 0.398. The lowest BCUT2D eigenvalue weighted by molar-refractivity contribution is 0.157. The molecule has 4 nitrogen and oxygen atoms in total. The van der Waals surface area contributed by atoms with Crippen LogP contribution >= 0.6 is 23.2 Å². The molecule has 3 heterocycles. The van der Waals surface area contributed by atoms with Crippen molar-refractivity contribution in [2.45, 2.75) is 37.7 Å². The zero-order chi connectivity index (χ0) is 14.3. The molecule has 2 unspecified atom stereocenters. The second kappa shape index (κ2) is 5.51. The topological polar surface area (TPSA) is 34.0 Å². The van der Waals surface area contributed by atoms with Gasteiger partial charge < -0.3 is 9.47 Å². The summed E-state index contributed by atoms with van der Waals surface area (Å²) in [7, 11) is 2.17. The van der Waals surface area contributed by atoms with E-state index < -0.39 is 0 Å². The van der Waals surface area contributed by atoms with E-state index in [0.717, 1.165) is 36.4 Å². The number of rotatable bonds is 2. The van der Waals surface area contributed by atoms with Gasteiger partial charge in [-0.2, -0.15) is 0 Å². The van der Waals surface area contributed by atoms with Gasteiger partial charge in [0.15, 0.2) is 5.65 Å². The van der Waals surface area contributed by atoms with Crippen molar-refractivity contribution in [1.29, 1.82) is 0 Å². The Balaban J connectivity index is 2.05. The summed E-state index contributed by atoms with van der Waals surface area (Å²) in [4.78, 5) is 11.4. The Hall–Kier alpha value is -0.840. The largest absolute Gasteiger partial charge is 0.308 e. The molecule has 2 aromatic heterocycles. The molecule has 0 N–H and O–H groups in total. The standard InChI is InChI=1S/C14H18Cl2N4/c1-9-5-11(3-4-19(9)2)20-13(7-15)18-12-6-10(16)8-17-14(12)20/h6,8-9,11H,3-5,7H2,1-2H3. The number of aromatic nitrogens is 3. The predicted molar refractivity (Wildman–Crippen MR) is 82.5 cm³/mol. The third-order valence-electron chi connectivity index (χ3n) is 4.23. The SMILES string of the molecule is CC1CC(n2c(CCl)nc3cc(Cl)cnc32)CCN1C. The minimum Gasteiger partial charge on any atom is -0.308 e. The predicted octanol–water partition coefficient (Wildman–Crippen LogP) is 3.48. The second-order valence-electron chi connectivity index (χ2n) is 5.54. The number of likely N-dealkylation sites (tertiary alicyclic amines) is 1. The normalized spacial score (nSPS) is 24.4.